The molecular formula is C12H10BrFN2O2S. The van der Waals surface area contributed by atoms with Crippen molar-refractivity contribution in [3.8, 4) is 0 Å². The summed E-state index contributed by atoms with van der Waals surface area (Å²) in [5.41, 5.74) is 0.0585. The van der Waals surface area contributed by atoms with E-state index in [1.807, 2.05) is 0 Å². The van der Waals surface area contributed by atoms with Gasteiger partial charge in [0.1, 0.15) is 5.82 Å². The molecule has 0 atom stereocenters. The van der Waals surface area contributed by atoms with E-state index in [-0.39, 0.29) is 17.1 Å². The SMILES string of the molecule is O=S(=O)(NCc1ncccc1F)c1ccc(Br)cc1. The second-order valence-corrected chi connectivity index (χ2v) is 6.39. The Bertz CT molecular complexity index is 674. The minimum atomic E-state index is -3.67. The van der Waals surface area contributed by atoms with E-state index in [2.05, 4.69) is 25.6 Å². The quantitative estimate of drug-likeness (QED) is 0.926. The first kappa shape index (κ1) is 14.1. The van der Waals surface area contributed by atoms with Crippen molar-refractivity contribution in [3.63, 3.8) is 0 Å². The molecule has 100 valence electrons. The molecule has 1 heterocycles. The van der Waals surface area contributed by atoms with Gasteiger partial charge in [-0.15, -0.1) is 0 Å². The molecule has 0 spiro atoms. The Morgan fingerprint density at radius 3 is 2.53 bits per heavy atom. The fourth-order valence-electron chi connectivity index (χ4n) is 1.41. The highest BCUT2D eigenvalue weighted by molar-refractivity contribution is 9.10. The van der Waals surface area contributed by atoms with E-state index in [9.17, 15) is 12.8 Å². The van der Waals surface area contributed by atoms with Gasteiger partial charge in [0, 0.05) is 10.7 Å². The number of sulfonamides is 1. The monoisotopic (exact) mass is 344 g/mol. The van der Waals surface area contributed by atoms with Gasteiger partial charge in [-0.05, 0) is 36.4 Å². The van der Waals surface area contributed by atoms with Crippen LogP contribution in [-0.4, -0.2) is 13.4 Å². The summed E-state index contributed by atoms with van der Waals surface area (Å²) in [5.74, 6) is -0.541. The van der Waals surface area contributed by atoms with Crippen LogP contribution in [0, 0.1) is 5.82 Å². The summed E-state index contributed by atoms with van der Waals surface area (Å²) in [6.45, 7) is -0.189. The fraction of sp³-hybridized carbons (Fsp3) is 0.0833. The third-order valence-corrected chi connectivity index (χ3v) is 4.33. The molecule has 7 heteroatoms. The minimum absolute atomic E-state index is 0.0585. The maximum absolute atomic E-state index is 13.3. The molecule has 0 fully saturated rings. The summed E-state index contributed by atoms with van der Waals surface area (Å²) < 4.78 is 40.3. The molecule has 0 saturated heterocycles. The van der Waals surface area contributed by atoms with Crippen LogP contribution in [-0.2, 0) is 16.6 Å². The number of hydrogen-bond donors (Lipinski definition) is 1. The third kappa shape index (κ3) is 3.59. The van der Waals surface area contributed by atoms with Gasteiger partial charge >= 0.3 is 0 Å². The van der Waals surface area contributed by atoms with Gasteiger partial charge in [0.15, 0.2) is 0 Å². The average molecular weight is 345 g/mol. The van der Waals surface area contributed by atoms with Crippen molar-refractivity contribution in [1.29, 1.82) is 0 Å². The number of benzene rings is 1. The van der Waals surface area contributed by atoms with Gasteiger partial charge in [0.05, 0.1) is 17.1 Å². The summed E-state index contributed by atoms with van der Waals surface area (Å²) in [4.78, 5) is 3.90. The molecule has 0 bridgehead atoms. The number of pyridine rings is 1. The first-order chi connectivity index (χ1) is 8.99. The molecule has 4 nitrogen and oxygen atoms in total. The number of aromatic nitrogens is 1. The first-order valence-electron chi connectivity index (χ1n) is 5.34. The van der Waals surface area contributed by atoms with Crippen molar-refractivity contribution >= 4 is 26.0 Å². The molecule has 2 aromatic rings. The van der Waals surface area contributed by atoms with Crippen molar-refractivity contribution in [3.05, 3.63) is 58.6 Å². The first-order valence-corrected chi connectivity index (χ1v) is 7.61. The molecule has 0 unspecified atom stereocenters. The normalized spacial score (nSPS) is 11.5. The number of halogens is 2. The van der Waals surface area contributed by atoms with Crippen LogP contribution >= 0.6 is 15.9 Å². The highest BCUT2D eigenvalue weighted by Crippen LogP contribution is 2.15. The van der Waals surface area contributed by atoms with Gasteiger partial charge in [-0.1, -0.05) is 15.9 Å². The lowest BCUT2D eigenvalue weighted by Gasteiger charge is -2.07. The van der Waals surface area contributed by atoms with Crippen LogP contribution in [0.3, 0.4) is 0 Å². The van der Waals surface area contributed by atoms with E-state index in [0.717, 1.165) is 4.47 Å². The van der Waals surface area contributed by atoms with Crippen LogP contribution in [0.25, 0.3) is 0 Å². The Kier molecular flexibility index (Phi) is 4.28. The maximum atomic E-state index is 13.3. The van der Waals surface area contributed by atoms with E-state index in [1.165, 1.54) is 30.5 Å². The molecule has 19 heavy (non-hydrogen) atoms. The van der Waals surface area contributed by atoms with Crippen molar-refractivity contribution in [2.45, 2.75) is 11.4 Å². The summed E-state index contributed by atoms with van der Waals surface area (Å²) >= 11 is 3.22. The lowest BCUT2D eigenvalue weighted by Crippen LogP contribution is -2.24. The predicted molar refractivity (Wildman–Crippen MR) is 72.4 cm³/mol. The Morgan fingerprint density at radius 1 is 1.21 bits per heavy atom. The van der Waals surface area contributed by atoms with Crippen LogP contribution in [0.1, 0.15) is 5.69 Å². The van der Waals surface area contributed by atoms with E-state index in [4.69, 9.17) is 0 Å². The van der Waals surface area contributed by atoms with Crippen LogP contribution in [0.2, 0.25) is 0 Å². The zero-order valence-electron chi connectivity index (χ0n) is 9.68. The zero-order valence-corrected chi connectivity index (χ0v) is 12.1. The van der Waals surface area contributed by atoms with Crippen LogP contribution < -0.4 is 4.72 Å². The third-order valence-electron chi connectivity index (χ3n) is 2.39. The number of nitrogens with one attached hydrogen (secondary N) is 1. The number of nitrogens with zero attached hydrogens (tertiary/aromatic N) is 1. The van der Waals surface area contributed by atoms with Gasteiger partial charge in [-0.3, -0.25) is 4.98 Å². The molecule has 0 aliphatic heterocycles. The largest absolute Gasteiger partial charge is 0.257 e. The number of hydrogen-bond acceptors (Lipinski definition) is 3. The highest BCUT2D eigenvalue weighted by Gasteiger charge is 2.14. The summed E-state index contributed by atoms with van der Waals surface area (Å²) in [7, 11) is -3.67. The van der Waals surface area contributed by atoms with Gasteiger partial charge in [-0.2, -0.15) is 0 Å². The fourth-order valence-corrected chi connectivity index (χ4v) is 2.66. The second kappa shape index (κ2) is 5.77. The molecule has 0 aliphatic rings. The smallest absolute Gasteiger partial charge is 0.240 e. The van der Waals surface area contributed by atoms with E-state index in [0.29, 0.717) is 0 Å². The predicted octanol–water partition coefficient (Wildman–Crippen LogP) is 2.46. The Balaban J connectivity index is 2.14. The average Bonchev–Trinajstić information content (AvgIpc) is 2.38. The standard InChI is InChI=1S/C12H10BrFN2O2S/c13-9-3-5-10(6-4-9)19(17,18)16-8-12-11(14)2-1-7-15-12/h1-7,16H,8H2. The van der Waals surface area contributed by atoms with E-state index in [1.54, 1.807) is 12.1 Å². The molecule has 0 aliphatic carbocycles. The summed E-state index contributed by atoms with van der Waals surface area (Å²) in [6.07, 6.45) is 1.41. The molecule has 1 aromatic heterocycles. The lowest BCUT2D eigenvalue weighted by molar-refractivity contribution is 0.569. The van der Waals surface area contributed by atoms with Crippen molar-refractivity contribution in [2.24, 2.45) is 0 Å². The maximum Gasteiger partial charge on any atom is 0.240 e. The van der Waals surface area contributed by atoms with Crippen LogP contribution in [0.15, 0.2) is 52.0 Å². The van der Waals surface area contributed by atoms with E-state index >= 15 is 0 Å². The van der Waals surface area contributed by atoms with E-state index < -0.39 is 15.8 Å². The van der Waals surface area contributed by atoms with Gasteiger partial charge in [0.2, 0.25) is 10.0 Å². The molecule has 0 amide bonds. The van der Waals surface area contributed by atoms with Gasteiger partial charge < -0.3 is 0 Å². The topological polar surface area (TPSA) is 59.1 Å². The molecule has 2 rings (SSSR count). The highest BCUT2D eigenvalue weighted by atomic mass is 79.9. The second-order valence-electron chi connectivity index (χ2n) is 3.71. The molecule has 0 saturated carbocycles. The van der Waals surface area contributed by atoms with Crippen molar-refractivity contribution in [1.82, 2.24) is 9.71 Å². The van der Waals surface area contributed by atoms with Crippen LogP contribution in [0.5, 0.6) is 0 Å². The molecular weight excluding hydrogens is 335 g/mol. The lowest BCUT2D eigenvalue weighted by atomic mass is 10.3. The zero-order chi connectivity index (χ0) is 13.9. The van der Waals surface area contributed by atoms with Crippen LogP contribution in [0.4, 0.5) is 4.39 Å². The Hall–Kier alpha value is -1.31. The van der Waals surface area contributed by atoms with Crippen molar-refractivity contribution in [2.75, 3.05) is 0 Å². The summed E-state index contributed by atoms with van der Waals surface area (Å²) in [6, 6.07) is 8.84. The molecule has 0 radical (unpaired) electrons. The van der Waals surface area contributed by atoms with Gasteiger partial charge in [-0.25, -0.2) is 17.5 Å². The number of rotatable bonds is 4. The molecule has 1 N–H and O–H groups in total. The summed E-state index contributed by atoms with van der Waals surface area (Å²) in [5, 5.41) is 0. The molecule has 1 aromatic carbocycles. The van der Waals surface area contributed by atoms with Crippen molar-refractivity contribution < 1.29 is 12.8 Å². The minimum Gasteiger partial charge on any atom is -0.257 e. The Morgan fingerprint density at radius 2 is 1.89 bits per heavy atom. The Labute approximate surface area is 118 Å². The van der Waals surface area contributed by atoms with Gasteiger partial charge in [0.25, 0.3) is 0 Å².